The molecule has 1 aromatic heterocycles. The molecule has 0 saturated carbocycles. The fourth-order valence-corrected chi connectivity index (χ4v) is 2.99. The molecule has 0 unspecified atom stereocenters. The summed E-state index contributed by atoms with van der Waals surface area (Å²) in [5, 5.41) is 10.1. The SMILES string of the molecule is CCc1nn(C)cc1C(=O)Nc1ccccc1NC(=O)N1CCCC1. The van der Waals surface area contributed by atoms with Crippen molar-refractivity contribution in [2.45, 2.75) is 26.2 Å². The third-order valence-electron chi connectivity index (χ3n) is 4.29. The highest BCUT2D eigenvalue weighted by atomic mass is 16.2. The van der Waals surface area contributed by atoms with Gasteiger partial charge in [0.1, 0.15) is 0 Å². The standard InChI is InChI=1S/C18H23N5O2/c1-3-14-13(12-22(2)21-14)17(24)19-15-8-4-5-9-16(15)20-18(25)23-10-6-7-11-23/h4-5,8-9,12H,3,6-7,10-11H2,1-2H3,(H,19,24)(H,20,25). The summed E-state index contributed by atoms with van der Waals surface area (Å²) in [7, 11) is 1.79. The molecule has 2 heterocycles. The van der Waals surface area contributed by atoms with E-state index < -0.39 is 0 Å². The molecule has 25 heavy (non-hydrogen) atoms. The summed E-state index contributed by atoms with van der Waals surface area (Å²) in [5.74, 6) is -0.229. The third-order valence-corrected chi connectivity index (χ3v) is 4.29. The number of para-hydroxylation sites is 2. The van der Waals surface area contributed by atoms with E-state index in [2.05, 4.69) is 15.7 Å². The van der Waals surface area contributed by atoms with E-state index in [1.807, 2.05) is 19.1 Å². The van der Waals surface area contributed by atoms with Gasteiger partial charge in [0.05, 0.1) is 22.6 Å². The third kappa shape index (κ3) is 3.81. The van der Waals surface area contributed by atoms with E-state index in [1.54, 1.807) is 35.0 Å². The average molecular weight is 341 g/mol. The smallest absolute Gasteiger partial charge is 0.321 e. The van der Waals surface area contributed by atoms with E-state index >= 15 is 0 Å². The Hall–Kier alpha value is -2.83. The van der Waals surface area contributed by atoms with Crippen molar-refractivity contribution in [3.63, 3.8) is 0 Å². The first-order valence-electron chi connectivity index (χ1n) is 8.57. The topological polar surface area (TPSA) is 79.3 Å². The summed E-state index contributed by atoms with van der Waals surface area (Å²) in [4.78, 5) is 26.7. The summed E-state index contributed by atoms with van der Waals surface area (Å²) in [6.45, 7) is 3.51. The van der Waals surface area contributed by atoms with Crippen LogP contribution < -0.4 is 10.6 Å². The summed E-state index contributed by atoms with van der Waals surface area (Å²) in [5.41, 5.74) is 2.46. The van der Waals surface area contributed by atoms with Crippen molar-refractivity contribution in [3.05, 3.63) is 41.7 Å². The molecule has 0 atom stereocenters. The monoisotopic (exact) mass is 341 g/mol. The molecular weight excluding hydrogens is 318 g/mol. The highest BCUT2D eigenvalue weighted by molar-refractivity contribution is 6.07. The first kappa shape index (κ1) is 17.0. The van der Waals surface area contributed by atoms with Crippen LogP contribution in [0.4, 0.5) is 16.2 Å². The van der Waals surface area contributed by atoms with Gasteiger partial charge in [0.2, 0.25) is 0 Å². The fraction of sp³-hybridized carbons (Fsp3) is 0.389. The molecule has 1 aliphatic heterocycles. The second kappa shape index (κ2) is 7.38. The molecule has 1 aliphatic rings. The minimum Gasteiger partial charge on any atom is -0.325 e. The molecule has 2 N–H and O–H groups in total. The molecule has 7 heteroatoms. The molecule has 3 rings (SSSR count). The number of benzene rings is 1. The van der Waals surface area contributed by atoms with Gasteiger partial charge in [0, 0.05) is 26.3 Å². The molecule has 2 aromatic rings. The van der Waals surface area contributed by atoms with Gasteiger partial charge in [-0.1, -0.05) is 19.1 Å². The van der Waals surface area contributed by atoms with Crippen molar-refractivity contribution in [2.24, 2.45) is 7.05 Å². The van der Waals surface area contributed by atoms with Crippen LogP contribution in [-0.4, -0.2) is 39.7 Å². The number of nitrogens with zero attached hydrogens (tertiary/aromatic N) is 3. The van der Waals surface area contributed by atoms with Crippen LogP contribution in [0.5, 0.6) is 0 Å². The number of nitrogens with one attached hydrogen (secondary N) is 2. The quantitative estimate of drug-likeness (QED) is 0.897. The lowest BCUT2D eigenvalue weighted by molar-refractivity contribution is 0.102. The Morgan fingerprint density at radius 1 is 1.12 bits per heavy atom. The maximum Gasteiger partial charge on any atom is 0.321 e. The first-order valence-corrected chi connectivity index (χ1v) is 8.57. The number of likely N-dealkylation sites (tertiary alicyclic amines) is 1. The first-order chi connectivity index (χ1) is 12.1. The number of anilines is 2. The Kier molecular flexibility index (Phi) is 5.02. The molecule has 0 bridgehead atoms. The number of amides is 3. The van der Waals surface area contributed by atoms with E-state index in [0.29, 0.717) is 23.4 Å². The number of aryl methyl sites for hydroxylation is 2. The Bertz CT molecular complexity index is 778. The Balaban J connectivity index is 1.76. The van der Waals surface area contributed by atoms with E-state index in [0.717, 1.165) is 31.6 Å². The maximum absolute atomic E-state index is 12.6. The van der Waals surface area contributed by atoms with Crippen molar-refractivity contribution in [1.29, 1.82) is 0 Å². The number of aromatic nitrogens is 2. The summed E-state index contributed by atoms with van der Waals surface area (Å²) >= 11 is 0. The van der Waals surface area contributed by atoms with Crippen molar-refractivity contribution >= 4 is 23.3 Å². The van der Waals surface area contributed by atoms with Gasteiger partial charge in [-0.05, 0) is 31.4 Å². The molecule has 0 spiro atoms. The lowest BCUT2D eigenvalue weighted by atomic mass is 10.2. The molecule has 0 radical (unpaired) electrons. The number of rotatable bonds is 4. The minimum absolute atomic E-state index is 0.130. The minimum atomic E-state index is -0.229. The van der Waals surface area contributed by atoms with E-state index in [4.69, 9.17) is 0 Å². The van der Waals surface area contributed by atoms with Crippen molar-refractivity contribution in [1.82, 2.24) is 14.7 Å². The van der Waals surface area contributed by atoms with Crippen molar-refractivity contribution in [3.8, 4) is 0 Å². The predicted octanol–water partition coefficient (Wildman–Crippen LogP) is 2.86. The van der Waals surface area contributed by atoms with Crippen LogP contribution in [0.1, 0.15) is 35.8 Å². The molecular formula is C18H23N5O2. The Morgan fingerprint density at radius 2 is 1.76 bits per heavy atom. The van der Waals surface area contributed by atoms with Crippen LogP contribution in [0.3, 0.4) is 0 Å². The molecule has 3 amide bonds. The number of carbonyl (C=O) groups excluding carboxylic acids is 2. The van der Waals surface area contributed by atoms with Crippen molar-refractivity contribution < 1.29 is 9.59 Å². The van der Waals surface area contributed by atoms with Gasteiger partial charge in [-0.25, -0.2) is 4.79 Å². The maximum atomic E-state index is 12.6. The zero-order valence-electron chi connectivity index (χ0n) is 14.6. The predicted molar refractivity (Wildman–Crippen MR) is 96.8 cm³/mol. The number of urea groups is 1. The molecule has 7 nitrogen and oxygen atoms in total. The average Bonchev–Trinajstić information content (AvgIpc) is 3.25. The van der Waals surface area contributed by atoms with Crippen molar-refractivity contribution in [2.75, 3.05) is 23.7 Å². The van der Waals surface area contributed by atoms with Gasteiger partial charge >= 0.3 is 6.03 Å². The zero-order valence-corrected chi connectivity index (χ0v) is 14.6. The number of carbonyl (C=O) groups is 2. The highest BCUT2D eigenvalue weighted by Gasteiger charge is 2.20. The van der Waals surface area contributed by atoms with E-state index in [-0.39, 0.29) is 11.9 Å². The molecule has 1 fully saturated rings. The van der Waals surface area contributed by atoms with Gasteiger partial charge < -0.3 is 15.5 Å². The van der Waals surface area contributed by atoms with Crippen LogP contribution in [0.15, 0.2) is 30.5 Å². The highest BCUT2D eigenvalue weighted by Crippen LogP contribution is 2.23. The largest absolute Gasteiger partial charge is 0.325 e. The number of hydrogen-bond acceptors (Lipinski definition) is 3. The van der Waals surface area contributed by atoms with E-state index in [9.17, 15) is 9.59 Å². The second-order valence-corrected chi connectivity index (χ2v) is 6.14. The van der Waals surface area contributed by atoms with Crippen LogP contribution in [0.25, 0.3) is 0 Å². The zero-order chi connectivity index (χ0) is 17.8. The van der Waals surface area contributed by atoms with Gasteiger partial charge in [-0.3, -0.25) is 9.48 Å². The van der Waals surface area contributed by atoms with E-state index in [1.165, 1.54) is 0 Å². The molecule has 0 aliphatic carbocycles. The van der Waals surface area contributed by atoms with Gasteiger partial charge in [0.25, 0.3) is 5.91 Å². The van der Waals surface area contributed by atoms with Crippen LogP contribution >= 0.6 is 0 Å². The molecule has 132 valence electrons. The lowest BCUT2D eigenvalue weighted by Gasteiger charge is -2.18. The summed E-state index contributed by atoms with van der Waals surface area (Å²) < 4.78 is 1.63. The van der Waals surface area contributed by atoms with Crippen LogP contribution in [0.2, 0.25) is 0 Å². The van der Waals surface area contributed by atoms with Gasteiger partial charge in [-0.15, -0.1) is 0 Å². The second-order valence-electron chi connectivity index (χ2n) is 6.14. The Labute approximate surface area is 147 Å². The van der Waals surface area contributed by atoms with Gasteiger partial charge in [-0.2, -0.15) is 5.10 Å². The molecule has 1 aromatic carbocycles. The van der Waals surface area contributed by atoms with Gasteiger partial charge in [0.15, 0.2) is 0 Å². The molecule has 1 saturated heterocycles. The van der Waals surface area contributed by atoms with Crippen LogP contribution in [0, 0.1) is 0 Å². The number of hydrogen-bond donors (Lipinski definition) is 2. The normalized spacial score (nSPS) is 13.8. The summed E-state index contributed by atoms with van der Waals surface area (Å²) in [6.07, 6.45) is 4.45. The Morgan fingerprint density at radius 3 is 2.40 bits per heavy atom. The summed E-state index contributed by atoms with van der Waals surface area (Å²) in [6, 6.07) is 7.09. The lowest BCUT2D eigenvalue weighted by Crippen LogP contribution is -2.32. The van der Waals surface area contributed by atoms with Crippen LogP contribution in [-0.2, 0) is 13.5 Å². The fourth-order valence-electron chi connectivity index (χ4n) is 2.99.